The van der Waals surface area contributed by atoms with Gasteiger partial charge in [0.25, 0.3) is 5.91 Å². The van der Waals surface area contributed by atoms with Gasteiger partial charge in [0.15, 0.2) is 0 Å². The number of alkyl carbamates (subject to hydrolysis) is 1. The number of fused-ring (bicyclic) bond motifs is 2. The fourth-order valence-electron chi connectivity index (χ4n) is 11.7. The largest absolute Gasteiger partial charge is 0.453 e. The smallest absolute Gasteiger partial charge is 0.407 e. The molecule has 2 aliphatic carbocycles. The molecule has 0 bridgehead atoms. The van der Waals surface area contributed by atoms with Crippen molar-refractivity contribution in [3.8, 4) is 22.3 Å². The van der Waals surface area contributed by atoms with E-state index in [0.29, 0.717) is 54.9 Å². The lowest BCUT2D eigenvalue weighted by atomic mass is 9.74. The monoisotopic (exact) mass is 991 g/mol. The normalized spacial score (nSPS) is 19.8. The number of ether oxygens (including phenoxy) is 2. The Hall–Kier alpha value is -7.01. The van der Waals surface area contributed by atoms with Crippen LogP contribution in [-0.4, -0.2) is 100 Å². The Balaban J connectivity index is 1.01. The van der Waals surface area contributed by atoms with Crippen LogP contribution in [0.3, 0.4) is 0 Å². The van der Waals surface area contributed by atoms with Crippen molar-refractivity contribution in [1.29, 1.82) is 0 Å². The van der Waals surface area contributed by atoms with Gasteiger partial charge in [0.05, 0.1) is 30.9 Å². The number of aromatic nitrogens is 2. The van der Waals surface area contributed by atoms with Gasteiger partial charge in [-0.15, -0.1) is 0 Å². The molecule has 3 aromatic carbocycles. The van der Waals surface area contributed by atoms with Crippen LogP contribution in [-0.2, 0) is 52.3 Å². The Morgan fingerprint density at radius 1 is 0.644 bits per heavy atom. The summed E-state index contributed by atoms with van der Waals surface area (Å²) >= 11 is 0. The van der Waals surface area contributed by atoms with E-state index in [4.69, 9.17) is 19.4 Å². The molecule has 2 aliphatic heterocycles. The van der Waals surface area contributed by atoms with Gasteiger partial charge in [-0.2, -0.15) is 0 Å². The van der Waals surface area contributed by atoms with Gasteiger partial charge < -0.3 is 40.3 Å². The second-order valence-electron chi connectivity index (χ2n) is 20.9. The van der Waals surface area contributed by atoms with E-state index in [1.807, 2.05) is 48.8 Å². The van der Waals surface area contributed by atoms with Gasteiger partial charge in [-0.3, -0.25) is 34.5 Å². The molecule has 0 spiro atoms. The molecule has 382 valence electrons. The fraction of sp³-hybridized carbons (Fsp3) is 0.421. The lowest BCUT2D eigenvalue weighted by Gasteiger charge is -2.37. The molecule has 16 nitrogen and oxygen atoms in total. The van der Waals surface area contributed by atoms with E-state index in [0.717, 1.165) is 60.8 Å². The zero-order valence-corrected chi connectivity index (χ0v) is 42.5. The topological polar surface area (TPSA) is 204 Å². The summed E-state index contributed by atoms with van der Waals surface area (Å²) in [5.41, 5.74) is 10.8. The Morgan fingerprint density at radius 2 is 1.11 bits per heavy atom. The molecule has 2 aromatic heterocycles. The van der Waals surface area contributed by atoms with E-state index in [1.165, 1.54) is 36.5 Å². The third-order valence-corrected chi connectivity index (χ3v) is 15.3. The maximum atomic E-state index is 14.4. The van der Waals surface area contributed by atoms with E-state index < -0.39 is 42.6 Å². The second-order valence-corrected chi connectivity index (χ2v) is 20.9. The number of anilines is 2. The molecule has 16 heteroatoms. The summed E-state index contributed by atoms with van der Waals surface area (Å²) in [5, 5.41) is 22.2. The first kappa shape index (κ1) is 50.9. The lowest BCUT2D eigenvalue weighted by Crippen LogP contribution is -2.54. The van der Waals surface area contributed by atoms with E-state index >= 15 is 0 Å². The van der Waals surface area contributed by atoms with Crippen LogP contribution in [0.2, 0.25) is 0 Å². The molecule has 0 saturated carbocycles. The summed E-state index contributed by atoms with van der Waals surface area (Å²) in [7, 11) is 2.59. The Morgan fingerprint density at radius 3 is 1.60 bits per heavy atom. The average Bonchev–Trinajstić information content (AvgIpc) is 4.11. The third kappa shape index (κ3) is 10.3. The van der Waals surface area contributed by atoms with Crippen molar-refractivity contribution in [3.05, 3.63) is 131 Å². The molecule has 5 atom stereocenters. The molecular weight excluding hydrogens is 925 g/mol. The van der Waals surface area contributed by atoms with Crippen LogP contribution in [0.1, 0.15) is 118 Å². The number of nitrogens with one attached hydrogen (secondary N) is 4. The molecule has 5 amide bonds. The van der Waals surface area contributed by atoms with Gasteiger partial charge >= 0.3 is 6.09 Å². The predicted molar refractivity (Wildman–Crippen MR) is 277 cm³/mol. The number of likely N-dealkylation sites (tertiary alicyclic amines) is 2. The molecule has 0 radical (unpaired) electrons. The molecular formula is C57H66N8O8. The van der Waals surface area contributed by atoms with Crippen molar-refractivity contribution in [2.45, 2.75) is 127 Å². The summed E-state index contributed by atoms with van der Waals surface area (Å²) < 4.78 is 9.92. The number of benzene rings is 3. The highest BCUT2D eigenvalue weighted by Crippen LogP contribution is 2.56. The molecule has 2 fully saturated rings. The number of hydrogen-bond donors (Lipinski definition) is 5. The summed E-state index contributed by atoms with van der Waals surface area (Å²) in [6.45, 7) is 9.86. The van der Waals surface area contributed by atoms with Gasteiger partial charge in [0.2, 0.25) is 24.1 Å². The van der Waals surface area contributed by atoms with Gasteiger partial charge in [0.1, 0.15) is 24.2 Å². The number of carbonyl (C=O) groups is 5. The van der Waals surface area contributed by atoms with Crippen molar-refractivity contribution in [2.75, 3.05) is 37.9 Å². The van der Waals surface area contributed by atoms with E-state index in [1.54, 1.807) is 58.6 Å². The Bertz CT molecular complexity index is 2890. The minimum atomic E-state index is -1.39. The summed E-state index contributed by atoms with van der Waals surface area (Å²) in [4.78, 5) is 82.1. The molecule has 4 heterocycles. The number of pyridine rings is 2. The van der Waals surface area contributed by atoms with Crippen molar-refractivity contribution < 1.29 is 38.6 Å². The molecule has 2 saturated heterocycles. The van der Waals surface area contributed by atoms with Gasteiger partial charge in [-0.25, -0.2) is 4.79 Å². The minimum Gasteiger partial charge on any atom is -0.453 e. The van der Waals surface area contributed by atoms with Crippen LogP contribution < -0.4 is 21.3 Å². The predicted octanol–water partition coefficient (Wildman–Crippen LogP) is 7.86. The van der Waals surface area contributed by atoms with Gasteiger partial charge in [-0.05, 0) is 125 Å². The first-order valence-corrected chi connectivity index (χ1v) is 25.4. The SMILES string of the molecule is COC(=O)NC(C(=O)N1CCC[C@H]1C(=O)Nc1cncc(-c2c3c(c(-c4cncc(NC(=O)[C@@H]5CCCCN5C(=O)[C@H](NC(O)OC)c5ccccc5)c4)c4c2C(C)(C)CC4)C(C)(C)CC3)c1)c1ccccc1. The lowest BCUT2D eigenvalue weighted by molar-refractivity contribution is -0.148. The molecule has 4 aliphatic rings. The number of hydrogen-bond acceptors (Lipinski definition) is 11. The molecule has 9 rings (SSSR count). The summed E-state index contributed by atoms with van der Waals surface area (Å²) in [6.07, 6.45) is 11.4. The number of nitrogens with zero attached hydrogens (tertiary/aromatic N) is 4. The van der Waals surface area contributed by atoms with Crippen LogP contribution in [0.15, 0.2) is 97.6 Å². The Labute approximate surface area is 426 Å². The van der Waals surface area contributed by atoms with E-state index in [2.05, 4.69) is 49.0 Å². The highest BCUT2D eigenvalue weighted by Gasteiger charge is 2.44. The first-order valence-electron chi connectivity index (χ1n) is 25.4. The third-order valence-electron chi connectivity index (χ3n) is 15.3. The number of piperidine rings is 1. The molecule has 5 aromatic rings. The zero-order chi connectivity index (χ0) is 51.6. The van der Waals surface area contributed by atoms with Gasteiger partial charge in [0, 0.05) is 43.7 Å². The number of rotatable bonds is 14. The second kappa shape index (κ2) is 21.2. The van der Waals surface area contributed by atoms with Crippen LogP contribution >= 0.6 is 0 Å². The van der Waals surface area contributed by atoms with Crippen molar-refractivity contribution >= 4 is 41.1 Å². The van der Waals surface area contributed by atoms with Crippen molar-refractivity contribution in [2.24, 2.45) is 0 Å². The maximum absolute atomic E-state index is 14.4. The number of aliphatic hydroxyl groups is 1. The average molecular weight is 991 g/mol. The number of methoxy groups -OCH3 is 2. The van der Waals surface area contributed by atoms with Crippen LogP contribution in [0.25, 0.3) is 22.3 Å². The van der Waals surface area contributed by atoms with Crippen LogP contribution in [0, 0.1) is 0 Å². The number of carbonyl (C=O) groups excluding carboxylic acids is 5. The first-order chi connectivity index (χ1) is 35.1. The van der Waals surface area contributed by atoms with Gasteiger partial charge in [-0.1, -0.05) is 88.4 Å². The Kier molecular flexibility index (Phi) is 14.8. The minimum absolute atomic E-state index is 0.221. The zero-order valence-electron chi connectivity index (χ0n) is 42.5. The molecule has 73 heavy (non-hydrogen) atoms. The van der Waals surface area contributed by atoms with Crippen LogP contribution in [0.4, 0.5) is 16.2 Å². The fourth-order valence-corrected chi connectivity index (χ4v) is 11.7. The standard InChI is InChI=1S/C57H66N8O8/c1-56(2)25-23-41-45(37-29-39(33-59-31-37)61-51(67)43-21-15-27-65(43)53(69)49(63-55(71)73-6)35-18-11-8-12-19-35)47-40(22-24-57(47,3)4)44(46(41)56)36-28-38(32-58-30-36)60-50(66)42-20-13-14-26-64(42)52(68)48(62-54(70)72-5)34-16-9-7-10-17-34/h7-12,16-19,28-33,42-43,48-49,54,62,70H,13-15,20-27H2,1-6H3,(H,60,66)(H,61,67)(H,63,71)/t42-,43-,48+,49?,54?/m0/s1. The number of amides is 5. The van der Waals surface area contributed by atoms with E-state index in [-0.39, 0.29) is 28.6 Å². The molecule has 5 N–H and O–H groups in total. The number of aliphatic hydroxyl groups excluding tert-OH is 1. The van der Waals surface area contributed by atoms with Crippen molar-refractivity contribution in [1.82, 2.24) is 30.4 Å². The summed E-state index contributed by atoms with van der Waals surface area (Å²) in [5.74, 6) is -1.37. The maximum Gasteiger partial charge on any atom is 0.407 e. The highest BCUT2D eigenvalue weighted by atomic mass is 16.6. The quantitative estimate of drug-likeness (QED) is 0.0678. The van der Waals surface area contributed by atoms with E-state index in [9.17, 15) is 29.1 Å². The van der Waals surface area contributed by atoms with Crippen LogP contribution in [0.5, 0.6) is 0 Å². The van der Waals surface area contributed by atoms with Crippen molar-refractivity contribution in [3.63, 3.8) is 0 Å². The highest BCUT2D eigenvalue weighted by molar-refractivity contribution is 6.00. The molecule has 2 unspecified atom stereocenters. The summed E-state index contributed by atoms with van der Waals surface area (Å²) in [6, 6.07) is 18.5.